The molecule has 0 radical (unpaired) electrons. The number of carboxylic acids is 2. The smallest absolute Gasteiger partial charge is 0.306 e. The third kappa shape index (κ3) is 5.17. The molecular formula is C25H34N4O6. The van der Waals surface area contributed by atoms with Crippen molar-refractivity contribution < 1.29 is 29.7 Å². The topological polar surface area (TPSA) is 143 Å². The van der Waals surface area contributed by atoms with Crippen molar-refractivity contribution in [2.75, 3.05) is 0 Å². The highest BCUT2D eigenvalue weighted by Gasteiger charge is 2.39. The fraction of sp³-hybridized carbons (Fsp3) is 0.640. The van der Waals surface area contributed by atoms with Crippen molar-refractivity contribution in [3.05, 3.63) is 23.8 Å². The fourth-order valence-electron chi connectivity index (χ4n) is 5.63. The third-order valence-corrected chi connectivity index (χ3v) is 7.83. The van der Waals surface area contributed by atoms with Crippen LogP contribution in [0.1, 0.15) is 65.2 Å². The van der Waals surface area contributed by atoms with E-state index >= 15 is 0 Å². The van der Waals surface area contributed by atoms with E-state index in [1.807, 2.05) is 13.0 Å². The Balaban J connectivity index is 1.36. The number of carboxylic acid groups (broad SMARTS) is 2. The minimum absolute atomic E-state index is 0.0165. The van der Waals surface area contributed by atoms with Crippen LogP contribution >= 0.6 is 0 Å². The lowest BCUT2D eigenvalue weighted by molar-refractivity contribution is -0.144. The highest BCUT2D eigenvalue weighted by molar-refractivity contribution is 6.24. The van der Waals surface area contributed by atoms with E-state index < -0.39 is 18.2 Å². The van der Waals surface area contributed by atoms with Crippen molar-refractivity contribution in [3.8, 4) is 0 Å². The number of allylic oxidation sites excluding steroid dienone is 2. The van der Waals surface area contributed by atoms with E-state index in [-0.39, 0.29) is 35.7 Å². The summed E-state index contributed by atoms with van der Waals surface area (Å²) in [5, 5.41) is 41.5. The van der Waals surface area contributed by atoms with Crippen molar-refractivity contribution >= 4 is 29.3 Å². The number of hydrogen-bond donors (Lipinski definition) is 3. The third-order valence-electron chi connectivity index (χ3n) is 7.83. The highest BCUT2D eigenvalue weighted by atomic mass is 16.4. The van der Waals surface area contributed by atoms with Gasteiger partial charge in [-0.15, -0.1) is 0 Å². The number of nitrogens with zero attached hydrogens (tertiary/aromatic N) is 4. The molecule has 4 rings (SSSR count). The van der Waals surface area contributed by atoms with Gasteiger partial charge in [-0.2, -0.15) is 10.2 Å². The van der Waals surface area contributed by atoms with E-state index in [2.05, 4.69) is 10.2 Å². The maximum atomic E-state index is 13.0. The SMILES string of the molecule is CC1=NN(C2CCC(C(=O)O)CC2)C(=O)C1=CC=CC1C(C)=NN(C2CCC(C(=O)O)CC2)C1O. The Labute approximate surface area is 204 Å². The molecule has 0 aromatic heterocycles. The van der Waals surface area contributed by atoms with Crippen LogP contribution in [0.4, 0.5) is 0 Å². The number of hydrazone groups is 2. The molecule has 190 valence electrons. The Morgan fingerprint density at radius 2 is 1.43 bits per heavy atom. The van der Waals surface area contributed by atoms with Gasteiger partial charge in [0.25, 0.3) is 5.91 Å². The van der Waals surface area contributed by atoms with E-state index in [0.717, 1.165) is 5.71 Å². The van der Waals surface area contributed by atoms with Crippen LogP contribution in [0.5, 0.6) is 0 Å². The summed E-state index contributed by atoms with van der Waals surface area (Å²) in [6.45, 7) is 3.64. The van der Waals surface area contributed by atoms with Crippen molar-refractivity contribution in [2.45, 2.75) is 83.5 Å². The zero-order chi connectivity index (χ0) is 25.3. The van der Waals surface area contributed by atoms with Crippen molar-refractivity contribution in [2.24, 2.45) is 28.0 Å². The summed E-state index contributed by atoms with van der Waals surface area (Å²) in [6.07, 6.45) is 9.34. The summed E-state index contributed by atoms with van der Waals surface area (Å²) < 4.78 is 0. The van der Waals surface area contributed by atoms with Gasteiger partial charge in [0.1, 0.15) is 0 Å². The molecule has 3 N–H and O–H groups in total. The monoisotopic (exact) mass is 486 g/mol. The Hall–Kier alpha value is -3.01. The highest BCUT2D eigenvalue weighted by Crippen LogP contribution is 2.34. The second-order valence-corrected chi connectivity index (χ2v) is 10.0. The zero-order valence-electron chi connectivity index (χ0n) is 20.2. The van der Waals surface area contributed by atoms with E-state index in [9.17, 15) is 29.7 Å². The number of hydrogen-bond acceptors (Lipinski definition) is 7. The number of aliphatic hydroxyl groups excluding tert-OH is 1. The molecule has 2 saturated carbocycles. The molecule has 2 heterocycles. The average Bonchev–Trinajstić information content (AvgIpc) is 3.28. The molecule has 10 nitrogen and oxygen atoms in total. The minimum atomic E-state index is -0.828. The molecule has 2 aliphatic carbocycles. The molecule has 0 aromatic rings. The molecule has 4 aliphatic rings. The Morgan fingerprint density at radius 1 is 0.886 bits per heavy atom. The van der Waals surface area contributed by atoms with Crippen molar-refractivity contribution in [1.82, 2.24) is 10.0 Å². The Morgan fingerprint density at radius 3 is 1.97 bits per heavy atom. The molecular weight excluding hydrogens is 452 g/mol. The van der Waals surface area contributed by atoms with Gasteiger partial charge in [0.05, 0.1) is 41.1 Å². The van der Waals surface area contributed by atoms with Gasteiger partial charge in [-0.05, 0) is 71.3 Å². The van der Waals surface area contributed by atoms with Crippen LogP contribution in [0, 0.1) is 17.8 Å². The van der Waals surface area contributed by atoms with E-state index in [0.29, 0.717) is 62.7 Å². The lowest BCUT2D eigenvalue weighted by atomic mass is 9.85. The summed E-state index contributed by atoms with van der Waals surface area (Å²) >= 11 is 0. The molecule has 2 aliphatic heterocycles. The Bertz CT molecular complexity index is 986. The molecule has 0 saturated heterocycles. The van der Waals surface area contributed by atoms with Gasteiger partial charge in [-0.25, -0.2) is 5.01 Å². The number of aliphatic carboxylic acids is 2. The number of aliphatic hydroxyl groups is 1. The van der Waals surface area contributed by atoms with Gasteiger partial charge in [0.15, 0.2) is 6.23 Å². The first-order valence-electron chi connectivity index (χ1n) is 12.4. The summed E-state index contributed by atoms with van der Waals surface area (Å²) in [5.74, 6) is -2.70. The van der Waals surface area contributed by atoms with Gasteiger partial charge in [-0.1, -0.05) is 12.2 Å². The zero-order valence-corrected chi connectivity index (χ0v) is 20.2. The summed E-state index contributed by atoms with van der Waals surface area (Å²) in [7, 11) is 0. The number of amides is 1. The largest absolute Gasteiger partial charge is 0.481 e. The minimum Gasteiger partial charge on any atom is -0.481 e. The van der Waals surface area contributed by atoms with Crippen molar-refractivity contribution in [1.29, 1.82) is 0 Å². The molecule has 1 amide bonds. The number of carbonyl (C=O) groups excluding carboxylic acids is 1. The molecule has 0 bridgehead atoms. The van der Waals surface area contributed by atoms with Crippen LogP contribution in [0.2, 0.25) is 0 Å². The molecule has 10 heteroatoms. The van der Waals surface area contributed by atoms with Gasteiger partial charge in [-0.3, -0.25) is 19.4 Å². The predicted molar refractivity (Wildman–Crippen MR) is 128 cm³/mol. The van der Waals surface area contributed by atoms with Gasteiger partial charge in [0, 0.05) is 5.71 Å². The molecule has 35 heavy (non-hydrogen) atoms. The second-order valence-electron chi connectivity index (χ2n) is 10.0. The standard InChI is InChI=1S/C25H34N4O6/c1-14-20(22(30)28(26-14)18-10-6-16(7-11-18)24(32)33)4-3-5-21-15(2)27-29(23(21)31)19-12-8-17(9-13-19)25(34)35/h3-5,16-20,22,30H,6-13H2,1-2H3,(H,32,33)(H,34,35). The maximum absolute atomic E-state index is 13.0. The first-order chi connectivity index (χ1) is 16.7. The normalized spacial score (nSPS) is 35.1. The number of carbonyl (C=O) groups is 3. The molecule has 0 aromatic carbocycles. The fourth-order valence-corrected chi connectivity index (χ4v) is 5.63. The van der Waals surface area contributed by atoms with Crippen LogP contribution in [0.3, 0.4) is 0 Å². The van der Waals surface area contributed by atoms with E-state index in [1.54, 1.807) is 24.1 Å². The van der Waals surface area contributed by atoms with E-state index in [4.69, 9.17) is 0 Å². The first-order valence-corrected chi connectivity index (χ1v) is 12.4. The lowest BCUT2D eigenvalue weighted by Gasteiger charge is -2.34. The Kier molecular flexibility index (Phi) is 7.39. The lowest BCUT2D eigenvalue weighted by Crippen LogP contribution is -2.42. The summed E-state index contributed by atoms with van der Waals surface area (Å²) in [4.78, 5) is 35.4. The van der Waals surface area contributed by atoms with Crippen LogP contribution in [0.25, 0.3) is 0 Å². The molecule has 2 fully saturated rings. The quantitative estimate of drug-likeness (QED) is 0.490. The molecule has 0 spiro atoms. The van der Waals surface area contributed by atoms with Crippen LogP contribution in [-0.4, -0.2) is 72.9 Å². The number of rotatable bonds is 6. The molecule has 2 unspecified atom stereocenters. The maximum Gasteiger partial charge on any atom is 0.306 e. The van der Waals surface area contributed by atoms with Crippen LogP contribution in [-0.2, 0) is 14.4 Å². The van der Waals surface area contributed by atoms with Crippen molar-refractivity contribution in [3.63, 3.8) is 0 Å². The van der Waals surface area contributed by atoms with Gasteiger partial charge < -0.3 is 15.3 Å². The average molecular weight is 487 g/mol. The van der Waals surface area contributed by atoms with E-state index in [1.165, 1.54) is 5.01 Å². The second kappa shape index (κ2) is 10.3. The molecule has 2 atom stereocenters. The first kappa shape index (κ1) is 25.1. The summed E-state index contributed by atoms with van der Waals surface area (Å²) in [6, 6.07) is -0.0680. The summed E-state index contributed by atoms with van der Waals surface area (Å²) in [5.41, 5.74) is 1.88. The van der Waals surface area contributed by atoms with Crippen LogP contribution in [0.15, 0.2) is 34.0 Å². The van der Waals surface area contributed by atoms with Gasteiger partial charge >= 0.3 is 11.9 Å². The predicted octanol–water partition coefficient (Wildman–Crippen LogP) is 2.60. The van der Waals surface area contributed by atoms with Gasteiger partial charge in [0.2, 0.25) is 0 Å². The van der Waals surface area contributed by atoms with Crippen LogP contribution < -0.4 is 0 Å².